The smallest absolute Gasteiger partial charge is 0.321 e. The number of methoxy groups -OCH3 is 1. The molecule has 6 heteroatoms. The van der Waals surface area contributed by atoms with Gasteiger partial charge in [-0.1, -0.05) is 6.92 Å². The minimum absolute atomic E-state index is 0.115. The first kappa shape index (κ1) is 16.5. The Morgan fingerprint density at radius 3 is 2.73 bits per heavy atom. The molecule has 0 spiro atoms. The number of hydrogen-bond donors (Lipinski definition) is 1. The fraction of sp³-hybridized carbons (Fsp3) is 0.625. The van der Waals surface area contributed by atoms with Crippen molar-refractivity contribution in [3.63, 3.8) is 0 Å². The van der Waals surface area contributed by atoms with E-state index in [-0.39, 0.29) is 17.5 Å². The summed E-state index contributed by atoms with van der Waals surface area (Å²) < 4.78 is 10.3. The van der Waals surface area contributed by atoms with E-state index in [9.17, 15) is 4.79 Å². The first-order valence-corrected chi connectivity index (χ1v) is 7.58. The molecule has 0 radical (unpaired) electrons. The highest BCUT2D eigenvalue weighted by Crippen LogP contribution is 2.49. The second-order valence-corrected chi connectivity index (χ2v) is 6.10. The Morgan fingerprint density at radius 1 is 1.45 bits per heavy atom. The zero-order valence-electron chi connectivity index (χ0n) is 13.8. The maximum Gasteiger partial charge on any atom is 0.321 e. The van der Waals surface area contributed by atoms with Crippen LogP contribution >= 0.6 is 0 Å². The Morgan fingerprint density at radius 2 is 2.18 bits per heavy atom. The van der Waals surface area contributed by atoms with Gasteiger partial charge in [0.25, 0.3) is 0 Å². The molecule has 22 heavy (non-hydrogen) atoms. The van der Waals surface area contributed by atoms with Crippen LogP contribution in [0.25, 0.3) is 0 Å². The number of anilines is 1. The molecule has 6 nitrogen and oxygen atoms in total. The normalized spacial score (nSPS) is 16.7. The van der Waals surface area contributed by atoms with Gasteiger partial charge in [-0.05, 0) is 31.2 Å². The topological polar surface area (TPSA) is 63.7 Å². The van der Waals surface area contributed by atoms with Crippen molar-refractivity contribution >= 4 is 11.7 Å². The molecule has 0 unspecified atom stereocenters. The van der Waals surface area contributed by atoms with Crippen molar-refractivity contribution in [1.29, 1.82) is 0 Å². The van der Waals surface area contributed by atoms with Crippen LogP contribution in [-0.4, -0.2) is 49.3 Å². The predicted molar refractivity (Wildman–Crippen MR) is 85.2 cm³/mol. The van der Waals surface area contributed by atoms with Crippen LogP contribution in [0.4, 0.5) is 10.5 Å². The minimum atomic E-state index is -0.115. The van der Waals surface area contributed by atoms with Crippen molar-refractivity contribution in [2.75, 3.05) is 32.7 Å². The van der Waals surface area contributed by atoms with Crippen LogP contribution in [0, 0.1) is 5.41 Å². The minimum Gasteiger partial charge on any atom is -0.475 e. The fourth-order valence-electron chi connectivity index (χ4n) is 2.24. The first-order valence-electron chi connectivity index (χ1n) is 7.58. The summed E-state index contributed by atoms with van der Waals surface area (Å²) in [6, 6.07) is 3.62. The lowest BCUT2D eigenvalue weighted by atomic mass is 10.00. The molecular weight excluding hydrogens is 282 g/mol. The number of carbonyl (C=O) groups excluding carboxylic acids is 1. The summed E-state index contributed by atoms with van der Waals surface area (Å²) in [4.78, 5) is 18.2. The van der Waals surface area contributed by atoms with Crippen molar-refractivity contribution in [1.82, 2.24) is 9.88 Å². The Hall–Kier alpha value is -1.82. The van der Waals surface area contributed by atoms with Crippen LogP contribution in [0.15, 0.2) is 18.3 Å². The molecule has 1 atom stereocenters. The largest absolute Gasteiger partial charge is 0.475 e. The number of pyridine rings is 1. The summed E-state index contributed by atoms with van der Waals surface area (Å²) in [5.41, 5.74) is 0.924. The van der Waals surface area contributed by atoms with Crippen molar-refractivity contribution in [3.05, 3.63) is 18.3 Å². The van der Waals surface area contributed by atoms with Gasteiger partial charge in [0.1, 0.15) is 6.61 Å². The van der Waals surface area contributed by atoms with E-state index in [1.807, 2.05) is 7.05 Å². The van der Waals surface area contributed by atoms with Crippen LogP contribution in [0.1, 0.15) is 26.7 Å². The molecule has 0 aromatic carbocycles. The van der Waals surface area contributed by atoms with E-state index in [1.165, 1.54) is 12.8 Å². The van der Waals surface area contributed by atoms with Gasteiger partial charge in [0.15, 0.2) is 0 Å². The number of hydrogen-bond acceptors (Lipinski definition) is 4. The lowest BCUT2D eigenvalue weighted by molar-refractivity contribution is 0.144. The van der Waals surface area contributed by atoms with Gasteiger partial charge in [0, 0.05) is 26.3 Å². The van der Waals surface area contributed by atoms with Gasteiger partial charge >= 0.3 is 6.03 Å². The second-order valence-electron chi connectivity index (χ2n) is 6.10. The molecule has 1 aromatic heterocycles. The lowest BCUT2D eigenvalue weighted by Gasteiger charge is -2.30. The Balaban J connectivity index is 1.86. The molecule has 122 valence electrons. The predicted octanol–water partition coefficient (Wildman–Crippen LogP) is 2.76. The van der Waals surface area contributed by atoms with Gasteiger partial charge in [-0.15, -0.1) is 0 Å². The van der Waals surface area contributed by atoms with Crippen LogP contribution in [0.2, 0.25) is 0 Å². The second kappa shape index (κ2) is 6.96. The molecular formula is C16H25N3O3. The highest BCUT2D eigenvalue weighted by Gasteiger charge is 2.45. The molecule has 2 amide bonds. The summed E-state index contributed by atoms with van der Waals surface area (Å²) in [7, 11) is 3.45. The average Bonchev–Trinajstić information content (AvgIpc) is 3.26. The monoisotopic (exact) mass is 307 g/mol. The summed E-state index contributed by atoms with van der Waals surface area (Å²) in [5.74, 6) is 0.516. The molecule has 1 heterocycles. The van der Waals surface area contributed by atoms with Gasteiger partial charge < -0.3 is 19.7 Å². The van der Waals surface area contributed by atoms with Crippen LogP contribution < -0.4 is 10.1 Å². The number of nitrogens with zero attached hydrogens (tertiary/aromatic N) is 2. The highest BCUT2D eigenvalue weighted by molar-refractivity contribution is 5.89. The van der Waals surface area contributed by atoms with Gasteiger partial charge in [-0.3, -0.25) is 0 Å². The summed E-state index contributed by atoms with van der Waals surface area (Å²) in [6.07, 6.45) is 3.96. The standard InChI is InChI=1S/C16H25N3O3/c1-12(16(2)7-8-16)19(3)15(20)18-13-5-6-14(17-11-13)22-10-9-21-4/h5-6,11-12H,7-10H2,1-4H3,(H,18,20)/t12-/m0/s1. The number of aromatic nitrogens is 1. The number of rotatable bonds is 7. The number of nitrogens with one attached hydrogen (secondary N) is 1. The molecule has 0 saturated heterocycles. The Bertz CT molecular complexity index is 500. The molecule has 1 aliphatic rings. The maximum atomic E-state index is 12.3. The lowest BCUT2D eigenvalue weighted by Crippen LogP contribution is -2.42. The molecule has 1 N–H and O–H groups in total. The number of carbonyl (C=O) groups is 1. The zero-order chi connectivity index (χ0) is 16.2. The molecule has 1 saturated carbocycles. The van der Waals surface area contributed by atoms with E-state index in [1.54, 1.807) is 30.3 Å². The van der Waals surface area contributed by atoms with E-state index < -0.39 is 0 Å². The SMILES string of the molecule is COCCOc1ccc(NC(=O)N(C)[C@@H](C)C2(C)CC2)cn1. The van der Waals surface area contributed by atoms with E-state index in [0.717, 1.165) is 0 Å². The van der Waals surface area contributed by atoms with Crippen molar-refractivity contribution in [3.8, 4) is 5.88 Å². The van der Waals surface area contributed by atoms with E-state index in [0.29, 0.717) is 24.8 Å². The van der Waals surface area contributed by atoms with Crippen LogP contribution in [0.5, 0.6) is 5.88 Å². The molecule has 0 bridgehead atoms. The highest BCUT2D eigenvalue weighted by atomic mass is 16.5. The zero-order valence-corrected chi connectivity index (χ0v) is 13.8. The van der Waals surface area contributed by atoms with E-state index >= 15 is 0 Å². The van der Waals surface area contributed by atoms with Gasteiger partial charge in [-0.2, -0.15) is 0 Å². The quantitative estimate of drug-likeness (QED) is 0.787. The number of ether oxygens (including phenoxy) is 2. The molecule has 0 aliphatic heterocycles. The van der Waals surface area contributed by atoms with Crippen molar-refractivity contribution in [2.24, 2.45) is 5.41 Å². The fourth-order valence-corrected chi connectivity index (χ4v) is 2.24. The maximum absolute atomic E-state index is 12.3. The van der Waals surface area contributed by atoms with E-state index in [2.05, 4.69) is 24.1 Å². The first-order chi connectivity index (χ1) is 10.5. The Kier molecular flexibility index (Phi) is 5.24. The Labute approximate surface area is 131 Å². The van der Waals surface area contributed by atoms with Gasteiger partial charge in [0.05, 0.1) is 18.5 Å². The van der Waals surface area contributed by atoms with Crippen LogP contribution in [0.3, 0.4) is 0 Å². The third kappa shape index (κ3) is 4.10. The third-order valence-corrected chi connectivity index (χ3v) is 4.47. The summed E-state index contributed by atoms with van der Waals surface area (Å²) in [5, 5.41) is 2.86. The average molecular weight is 307 g/mol. The molecule has 2 rings (SSSR count). The van der Waals surface area contributed by atoms with Crippen molar-refractivity contribution < 1.29 is 14.3 Å². The van der Waals surface area contributed by atoms with Crippen LogP contribution in [-0.2, 0) is 4.74 Å². The van der Waals surface area contributed by atoms with Gasteiger partial charge in [0.2, 0.25) is 5.88 Å². The van der Waals surface area contributed by atoms with Gasteiger partial charge in [-0.25, -0.2) is 9.78 Å². The van der Waals surface area contributed by atoms with Crippen molar-refractivity contribution in [2.45, 2.75) is 32.7 Å². The molecule has 1 aromatic rings. The third-order valence-electron chi connectivity index (χ3n) is 4.47. The molecule has 1 aliphatic carbocycles. The summed E-state index contributed by atoms with van der Waals surface area (Å²) in [6.45, 7) is 5.28. The summed E-state index contributed by atoms with van der Waals surface area (Å²) >= 11 is 0. The molecule has 1 fully saturated rings. The number of amides is 2. The van der Waals surface area contributed by atoms with E-state index in [4.69, 9.17) is 9.47 Å². The number of urea groups is 1.